The van der Waals surface area contributed by atoms with Gasteiger partial charge in [-0.3, -0.25) is 0 Å². The second kappa shape index (κ2) is 12.9. The first-order valence-electron chi connectivity index (χ1n) is 18.2. The molecule has 1 aliphatic heterocycles. The molecule has 1 heterocycles. The average Bonchev–Trinajstić information content (AvgIpc) is 3.24. The van der Waals surface area contributed by atoms with Gasteiger partial charge in [-0.25, -0.2) is 0 Å². The minimum absolute atomic E-state index is 0.848. The normalized spacial score (nSPS) is 12.2. The number of benzene rings is 9. The number of methoxy groups -OCH3 is 2. The van der Waals surface area contributed by atoms with E-state index in [0.29, 0.717) is 0 Å². The molecular formula is C50H36N2O2. The van der Waals surface area contributed by atoms with Crippen LogP contribution in [0, 0.1) is 0 Å². The van der Waals surface area contributed by atoms with E-state index in [1.165, 1.54) is 33.0 Å². The predicted octanol–water partition coefficient (Wildman–Crippen LogP) is 13.8. The van der Waals surface area contributed by atoms with Gasteiger partial charge in [-0.1, -0.05) is 109 Å². The molecule has 54 heavy (non-hydrogen) atoms. The van der Waals surface area contributed by atoms with Gasteiger partial charge in [0.25, 0.3) is 0 Å². The number of hydrogen-bond acceptors (Lipinski definition) is 4. The molecule has 1 aliphatic rings. The molecule has 9 aromatic rings. The first-order valence-corrected chi connectivity index (χ1v) is 18.2. The molecule has 258 valence electrons. The van der Waals surface area contributed by atoms with Crippen LogP contribution in [0.25, 0.3) is 54.6 Å². The third kappa shape index (κ3) is 5.31. The van der Waals surface area contributed by atoms with Gasteiger partial charge in [0.1, 0.15) is 11.5 Å². The summed E-state index contributed by atoms with van der Waals surface area (Å²) < 4.78 is 11.2. The molecule has 0 amide bonds. The van der Waals surface area contributed by atoms with Crippen LogP contribution in [0.3, 0.4) is 0 Å². The summed E-state index contributed by atoms with van der Waals surface area (Å²) in [6, 6.07) is 65.6. The fraction of sp³-hybridized carbons (Fsp3) is 0.0400. The van der Waals surface area contributed by atoms with Crippen LogP contribution in [0.2, 0.25) is 0 Å². The second-order valence-corrected chi connectivity index (χ2v) is 13.8. The molecule has 0 aromatic heterocycles. The Labute approximate surface area is 314 Å². The van der Waals surface area contributed by atoms with Crippen molar-refractivity contribution in [2.45, 2.75) is 0 Å². The number of anilines is 6. The van der Waals surface area contributed by atoms with E-state index in [1.807, 2.05) is 12.1 Å². The van der Waals surface area contributed by atoms with Gasteiger partial charge in [0.05, 0.1) is 37.0 Å². The van der Waals surface area contributed by atoms with Gasteiger partial charge in [-0.05, 0) is 127 Å². The van der Waals surface area contributed by atoms with E-state index in [9.17, 15) is 0 Å². The first-order chi connectivity index (χ1) is 26.6. The van der Waals surface area contributed by atoms with E-state index < -0.39 is 0 Å². The molecule has 4 heteroatoms. The lowest BCUT2D eigenvalue weighted by Gasteiger charge is -2.41. The molecule has 0 unspecified atom stereocenters. The van der Waals surface area contributed by atoms with E-state index in [1.54, 1.807) is 14.2 Å². The average molecular weight is 697 g/mol. The molecule has 4 nitrogen and oxygen atoms in total. The van der Waals surface area contributed by atoms with E-state index in [0.717, 1.165) is 67.2 Å². The van der Waals surface area contributed by atoms with Crippen molar-refractivity contribution in [1.29, 1.82) is 0 Å². The van der Waals surface area contributed by atoms with Gasteiger partial charge in [0.15, 0.2) is 0 Å². The summed E-state index contributed by atoms with van der Waals surface area (Å²) in [5.74, 6) is 1.70. The summed E-state index contributed by atoms with van der Waals surface area (Å²) in [5.41, 5.74) is 11.3. The molecule has 0 N–H and O–H groups in total. The quantitative estimate of drug-likeness (QED) is 0.173. The molecule has 10 rings (SSSR count). The smallest absolute Gasteiger partial charge is 0.119 e. The highest BCUT2D eigenvalue weighted by molar-refractivity contribution is 6.09. The van der Waals surface area contributed by atoms with E-state index in [-0.39, 0.29) is 0 Å². The van der Waals surface area contributed by atoms with Crippen LogP contribution in [-0.4, -0.2) is 14.2 Å². The van der Waals surface area contributed by atoms with Crippen molar-refractivity contribution in [1.82, 2.24) is 0 Å². The Morgan fingerprint density at radius 2 is 0.667 bits per heavy atom. The van der Waals surface area contributed by atoms with Gasteiger partial charge >= 0.3 is 0 Å². The Morgan fingerprint density at radius 1 is 0.315 bits per heavy atom. The van der Waals surface area contributed by atoms with Crippen molar-refractivity contribution in [3.05, 3.63) is 182 Å². The highest BCUT2D eigenvalue weighted by Crippen LogP contribution is 2.57. The second-order valence-electron chi connectivity index (χ2n) is 13.8. The van der Waals surface area contributed by atoms with Crippen LogP contribution in [0.5, 0.6) is 11.5 Å². The first kappa shape index (κ1) is 31.7. The SMILES string of the molecule is COc1ccc2cc(N3c4cc(-c5ccccc5)c(-c5ccccc5)cc4N(c4ccc5cc(OC)ccc5c4)c4cc5ccccc5cc43)ccc2c1. The number of fused-ring (bicyclic) bond motifs is 5. The maximum Gasteiger partial charge on any atom is 0.119 e. The Morgan fingerprint density at radius 3 is 1.09 bits per heavy atom. The summed E-state index contributed by atoms with van der Waals surface area (Å²) >= 11 is 0. The van der Waals surface area contributed by atoms with E-state index in [2.05, 4.69) is 180 Å². The summed E-state index contributed by atoms with van der Waals surface area (Å²) in [6.45, 7) is 0. The lowest BCUT2D eigenvalue weighted by molar-refractivity contribution is 0.415. The minimum Gasteiger partial charge on any atom is -0.497 e. The highest BCUT2D eigenvalue weighted by atomic mass is 16.5. The van der Waals surface area contributed by atoms with Crippen molar-refractivity contribution in [3.63, 3.8) is 0 Å². The molecule has 0 radical (unpaired) electrons. The highest BCUT2D eigenvalue weighted by Gasteiger charge is 2.33. The Balaban J connectivity index is 1.31. The fourth-order valence-electron chi connectivity index (χ4n) is 7.99. The van der Waals surface area contributed by atoms with E-state index in [4.69, 9.17) is 9.47 Å². The van der Waals surface area contributed by atoms with E-state index >= 15 is 0 Å². The maximum absolute atomic E-state index is 5.58. The molecule has 0 aliphatic carbocycles. The fourth-order valence-corrected chi connectivity index (χ4v) is 7.99. The zero-order valence-corrected chi connectivity index (χ0v) is 30.0. The van der Waals surface area contributed by atoms with Gasteiger partial charge < -0.3 is 19.3 Å². The molecular weight excluding hydrogens is 661 g/mol. The van der Waals surface area contributed by atoms with Gasteiger partial charge in [0.2, 0.25) is 0 Å². The lowest BCUT2D eigenvalue weighted by atomic mass is 9.90. The van der Waals surface area contributed by atoms with Crippen molar-refractivity contribution in [3.8, 4) is 33.8 Å². The zero-order valence-electron chi connectivity index (χ0n) is 30.0. The standard InChI is InChI=1S/C50H36N2O2/c1-53-43-23-19-37-25-41(21-17-39(37)27-43)51-47-29-35-15-9-10-16-36(35)30-48(47)52(42-22-18-40-28-44(54-2)24-20-38(40)26-42)50-32-46(34-13-7-4-8-14-34)45(31-49(50)51)33-11-5-3-6-12-33/h3-32H,1-2H3. The Hall–Kier alpha value is -7.04. The summed E-state index contributed by atoms with van der Waals surface area (Å²) in [6.07, 6.45) is 0. The van der Waals surface area contributed by atoms with Crippen LogP contribution < -0.4 is 19.3 Å². The molecule has 0 saturated carbocycles. The summed E-state index contributed by atoms with van der Waals surface area (Å²) in [4.78, 5) is 4.90. The van der Waals surface area contributed by atoms with Gasteiger partial charge in [-0.2, -0.15) is 0 Å². The molecule has 0 bridgehead atoms. The van der Waals surface area contributed by atoms with Crippen LogP contribution in [0.15, 0.2) is 182 Å². The minimum atomic E-state index is 0.848. The lowest BCUT2D eigenvalue weighted by Crippen LogP contribution is -2.24. The number of hydrogen-bond donors (Lipinski definition) is 0. The van der Waals surface area contributed by atoms with Crippen molar-refractivity contribution < 1.29 is 9.47 Å². The predicted molar refractivity (Wildman–Crippen MR) is 226 cm³/mol. The Bertz CT molecular complexity index is 2670. The molecule has 0 fully saturated rings. The van der Waals surface area contributed by atoms with Gasteiger partial charge in [-0.15, -0.1) is 0 Å². The largest absolute Gasteiger partial charge is 0.497 e. The topological polar surface area (TPSA) is 24.9 Å². The number of nitrogens with zero attached hydrogens (tertiary/aromatic N) is 2. The van der Waals surface area contributed by atoms with Crippen molar-refractivity contribution in [2.24, 2.45) is 0 Å². The monoisotopic (exact) mass is 696 g/mol. The number of ether oxygens (including phenoxy) is 2. The molecule has 9 aromatic carbocycles. The molecule has 0 atom stereocenters. The van der Waals surface area contributed by atoms with Gasteiger partial charge in [0, 0.05) is 11.4 Å². The summed E-state index contributed by atoms with van der Waals surface area (Å²) in [5, 5.41) is 6.93. The third-order valence-electron chi connectivity index (χ3n) is 10.7. The van der Waals surface area contributed by atoms with Crippen LogP contribution >= 0.6 is 0 Å². The molecule has 0 saturated heterocycles. The Kier molecular flexibility index (Phi) is 7.55. The van der Waals surface area contributed by atoms with Crippen LogP contribution in [0.4, 0.5) is 34.1 Å². The maximum atomic E-state index is 5.58. The zero-order chi connectivity index (χ0) is 36.2. The molecule has 0 spiro atoms. The third-order valence-corrected chi connectivity index (χ3v) is 10.7. The summed E-state index contributed by atoms with van der Waals surface area (Å²) in [7, 11) is 3.43. The van der Waals surface area contributed by atoms with Crippen molar-refractivity contribution in [2.75, 3.05) is 24.0 Å². The van der Waals surface area contributed by atoms with Crippen LogP contribution in [0.1, 0.15) is 0 Å². The van der Waals surface area contributed by atoms with Crippen molar-refractivity contribution >= 4 is 66.4 Å². The van der Waals surface area contributed by atoms with Crippen LogP contribution in [-0.2, 0) is 0 Å². The number of rotatable bonds is 6.